The molecule has 10 aromatic rings. The number of fused-ring (bicyclic) bond motifs is 2. The SMILES string of the molecule is C=C(/C=C\c1c(C)sc2ccccc12)c1ccc(N(c2ccc(-c3cccc(-c4cccc5ccccc45)c3)cc2)c2ccccc2-c2ccc(-c3ccccc3)cc2)cc1. The molecule has 1 aromatic heterocycles. The molecule has 290 valence electrons. The molecule has 0 amide bonds. The molecule has 0 aliphatic heterocycles. The molecule has 0 radical (unpaired) electrons. The van der Waals surface area contributed by atoms with Crippen molar-refractivity contribution in [3.63, 3.8) is 0 Å². The first-order valence-electron chi connectivity index (χ1n) is 20.8. The van der Waals surface area contributed by atoms with Gasteiger partial charge in [-0.1, -0.05) is 195 Å². The van der Waals surface area contributed by atoms with Crippen LogP contribution in [0, 0.1) is 6.92 Å². The second kappa shape index (κ2) is 16.6. The molecule has 1 heterocycles. The summed E-state index contributed by atoms with van der Waals surface area (Å²) < 4.78 is 1.31. The number of rotatable bonds is 10. The quantitative estimate of drug-likeness (QED) is 0.125. The average molecular weight is 798 g/mol. The van der Waals surface area contributed by atoms with Crippen LogP contribution in [0.25, 0.3) is 77.0 Å². The van der Waals surface area contributed by atoms with Gasteiger partial charge in [0.15, 0.2) is 0 Å². The Balaban J connectivity index is 1.01. The molecule has 0 aliphatic rings. The van der Waals surface area contributed by atoms with E-state index in [1.807, 2.05) is 11.3 Å². The molecule has 1 nitrogen and oxygen atoms in total. The summed E-state index contributed by atoms with van der Waals surface area (Å²) in [5.74, 6) is 0. The predicted molar refractivity (Wildman–Crippen MR) is 265 cm³/mol. The van der Waals surface area contributed by atoms with Crippen LogP contribution in [0.3, 0.4) is 0 Å². The van der Waals surface area contributed by atoms with Crippen LogP contribution in [0.1, 0.15) is 16.0 Å². The highest BCUT2D eigenvalue weighted by atomic mass is 32.1. The number of benzene rings is 9. The van der Waals surface area contributed by atoms with Crippen LogP contribution in [-0.4, -0.2) is 0 Å². The van der Waals surface area contributed by atoms with Gasteiger partial charge in [0.25, 0.3) is 0 Å². The lowest BCUT2D eigenvalue weighted by Gasteiger charge is -2.28. The van der Waals surface area contributed by atoms with Gasteiger partial charge in [0.05, 0.1) is 5.69 Å². The standard InChI is InChI=1S/C59H43NS/c1-41(26-39-53-42(2)61-59-25-11-9-22-57(53)59)43-31-35-51(36-32-43)60(58-24-10-8-21-56(58)48-29-27-45(28-30-48)44-14-4-3-5-15-44)52-37-33-46(34-38-52)49-18-12-19-50(40-49)55-23-13-17-47-16-6-7-20-54(47)55/h3-40H,1H2,2H3/b39-26-. The smallest absolute Gasteiger partial charge is 0.0540 e. The van der Waals surface area contributed by atoms with E-state index >= 15 is 0 Å². The summed E-state index contributed by atoms with van der Waals surface area (Å²) >= 11 is 1.84. The monoisotopic (exact) mass is 797 g/mol. The van der Waals surface area contributed by atoms with E-state index in [1.54, 1.807) is 0 Å². The highest BCUT2D eigenvalue weighted by Crippen LogP contribution is 2.42. The molecule has 0 spiro atoms. The molecular weight excluding hydrogens is 755 g/mol. The lowest BCUT2D eigenvalue weighted by Crippen LogP contribution is -2.11. The number of aryl methyl sites for hydroxylation is 1. The fraction of sp³-hybridized carbons (Fsp3) is 0.0169. The van der Waals surface area contributed by atoms with Crippen LogP contribution in [0.15, 0.2) is 231 Å². The van der Waals surface area contributed by atoms with Crippen LogP contribution in [-0.2, 0) is 0 Å². The van der Waals surface area contributed by atoms with Gasteiger partial charge in [0, 0.05) is 26.5 Å². The average Bonchev–Trinajstić information content (AvgIpc) is 3.66. The Kier molecular flexibility index (Phi) is 10.3. The molecule has 61 heavy (non-hydrogen) atoms. The first-order valence-corrected chi connectivity index (χ1v) is 21.6. The van der Waals surface area contributed by atoms with Crippen molar-refractivity contribution in [2.75, 3.05) is 4.90 Å². The number of hydrogen-bond donors (Lipinski definition) is 0. The summed E-state index contributed by atoms with van der Waals surface area (Å²) in [5, 5.41) is 3.80. The summed E-state index contributed by atoms with van der Waals surface area (Å²) in [6, 6.07) is 78.7. The van der Waals surface area contributed by atoms with E-state index in [-0.39, 0.29) is 0 Å². The van der Waals surface area contributed by atoms with Crippen molar-refractivity contribution in [2.45, 2.75) is 6.92 Å². The van der Waals surface area contributed by atoms with Crippen LogP contribution in [0.5, 0.6) is 0 Å². The maximum Gasteiger partial charge on any atom is 0.0540 e. The molecule has 10 rings (SSSR count). The highest BCUT2D eigenvalue weighted by molar-refractivity contribution is 7.19. The minimum absolute atomic E-state index is 0.974. The second-order valence-electron chi connectivity index (χ2n) is 15.4. The van der Waals surface area contributed by atoms with E-state index in [2.05, 4.69) is 249 Å². The van der Waals surface area contributed by atoms with Crippen molar-refractivity contribution in [2.24, 2.45) is 0 Å². The van der Waals surface area contributed by atoms with Crippen molar-refractivity contribution in [1.82, 2.24) is 0 Å². The number of hydrogen-bond acceptors (Lipinski definition) is 2. The summed E-state index contributed by atoms with van der Waals surface area (Å²) in [4.78, 5) is 3.69. The van der Waals surface area contributed by atoms with Gasteiger partial charge in [-0.3, -0.25) is 0 Å². The maximum atomic E-state index is 4.49. The lowest BCUT2D eigenvalue weighted by atomic mass is 9.95. The normalized spacial score (nSPS) is 11.4. The number of allylic oxidation sites excluding steroid dienone is 2. The molecular formula is C59H43NS. The molecule has 0 fully saturated rings. The van der Waals surface area contributed by atoms with E-state index < -0.39 is 0 Å². The fourth-order valence-corrected chi connectivity index (χ4v) is 9.51. The van der Waals surface area contributed by atoms with Crippen molar-refractivity contribution < 1.29 is 0 Å². The van der Waals surface area contributed by atoms with E-state index in [9.17, 15) is 0 Å². The molecule has 9 aromatic carbocycles. The number of anilines is 3. The summed E-state index contributed by atoms with van der Waals surface area (Å²) in [7, 11) is 0. The maximum absolute atomic E-state index is 4.49. The Labute approximate surface area is 362 Å². The van der Waals surface area contributed by atoms with Gasteiger partial charge in [-0.25, -0.2) is 0 Å². The van der Waals surface area contributed by atoms with Gasteiger partial charge in [0.1, 0.15) is 0 Å². The number of para-hydroxylation sites is 1. The number of thiophene rings is 1. The van der Waals surface area contributed by atoms with Crippen LogP contribution in [0.4, 0.5) is 17.1 Å². The number of nitrogens with zero attached hydrogens (tertiary/aromatic N) is 1. The zero-order valence-corrected chi connectivity index (χ0v) is 34.8. The lowest BCUT2D eigenvalue weighted by molar-refractivity contribution is 1.28. The van der Waals surface area contributed by atoms with E-state index in [0.717, 1.165) is 39.3 Å². The first kappa shape index (κ1) is 37.7. The zero-order valence-electron chi connectivity index (χ0n) is 34.0. The van der Waals surface area contributed by atoms with E-state index in [0.29, 0.717) is 0 Å². The Morgan fingerprint density at radius 3 is 1.80 bits per heavy atom. The third-order valence-corrected chi connectivity index (χ3v) is 12.7. The fourth-order valence-electron chi connectivity index (χ4n) is 8.46. The van der Waals surface area contributed by atoms with Crippen molar-refractivity contribution >= 4 is 60.9 Å². The van der Waals surface area contributed by atoms with Crippen molar-refractivity contribution in [3.05, 3.63) is 247 Å². The van der Waals surface area contributed by atoms with Crippen LogP contribution >= 0.6 is 11.3 Å². The largest absolute Gasteiger partial charge is 0.310 e. The van der Waals surface area contributed by atoms with Crippen LogP contribution < -0.4 is 4.90 Å². The Morgan fingerprint density at radius 1 is 0.459 bits per heavy atom. The predicted octanol–water partition coefficient (Wildman–Crippen LogP) is 17.2. The molecule has 0 saturated carbocycles. The molecule has 0 aliphatic carbocycles. The van der Waals surface area contributed by atoms with Crippen molar-refractivity contribution in [1.29, 1.82) is 0 Å². The molecule has 0 bridgehead atoms. The Bertz CT molecular complexity index is 3180. The Morgan fingerprint density at radius 2 is 1.00 bits per heavy atom. The first-order chi connectivity index (χ1) is 30.1. The topological polar surface area (TPSA) is 3.24 Å². The molecule has 0 atom stereocenters. The van der Waals surface area contributed by atoms with Gasteiger partial charge < -0.3 is 4.90 Å². The highest BCUT2D eigenvalue weighted by Gasteiger charge is 2.18. The molecule has 0 unspecified atom stereocenters. The minimum Gasteiger partial charge on any atom is -0.310 e. The van der Waals surface area contributed by atoms with Gasteiger partial charge in [-0.15, -0.1) is 11.3 Å². The third kappa shape index (κ3) is 7.62. The van der Waals surface area contributed by atoms with Gasteiger partial charge in [0.2, 0.25) is 0 Å². The van der Waals surface area contributed by atoms with Gasteiger partial charge in [-0.2, -0.15) is 0 Å². The van der Waals surface area contributed by atoms with E-state index in [4.69, 9.17) is 0 Å². The van der Waals surface area contributed by atoms with Crippen molar-refractivity contribution in [3.8, 4) is 44.5 Å². The van der Waals surface area contributed by atoms with Gasteiger partial charge >= 0.3 is 0 Å². The summed E-state index contributed by atoms with van der Waals surface area (Å²) in [6.45, 7) is 6.69. The molecule has 2 heteroatoms. The third-order valence-electron chi connectivity index (χ3n) is 11.6. The minimum atomic E-state index is 0.974. The second-order valence-corrected chi connectivity index (χ2v) is 16.7. The Hall–Kier alpha value is -7.52. The van der Waals surface area contributed by atoms with Crippen LogP contribution in [0.2, 0.25) is 0 Å². The zero-order chi connectivity index (χ0) is 41.1. The van der Waals surface area contributed by atoms with Gasteiger partial charge in [-0.05, 0) is 121 Å². The summed E-state index contributed by atoms with van der Waals surface area (Å²) in [6.07, 6.45) is 4.37. The van der Waals surface area contributed by atoms with E-state index in [1.165, 1.54) is 64.7 Å². The summed E-state index contributed by atoms with van der Waals surface area (Å²) in [5.41, 5.74) is 16.1. The molecule has 0 N–H and O–H groups in total. The molecule has 0 saturated heterocycles.